The molecule has 0 radical (unpaired) electrons. The number of aliphatic hydroxyl groups excluding tert-OH is 1. The first-order chi connectivity index (χ1) is 60.5. The van der Waals surface area contributed by atoms with Crippen LogP contribution in [-0.4, -0.2) is 307 Å². The van der Waals surface area contributed by atoms with E-state index in [-0.39, 0.29) is 81.5 Å². The van der Waals surface area contributed by atoms with Crippen molar-refractivity contribution < 1.29 is 107 Å². The number of benzene rings is 3. The predicted molar refractivity (Wildman–Crippen MR) is 463 cm³/mol. The molecule has 0 unspecified atom stereocenters. The first-order valence-corrected chi connectivity index (χ1v) is 43.9. The number of fused-ring (bicyclic) bond motifs is 8. The number of aliphatic hydroxyl groups is 1. The number of amides is 16. The lowest BCUT2D eigenvalue weighted by molar-refractivity contribution is -0.149. The highest BCUT2D eigenvalue weighted by Crippen LogP contribution is 2.35. The number of aliphatic carboxylic acids is 2. The number of thioether (sulfide) groups is 1. The maximum absolute atomic E-state index is 15.7. The van der Waals surface area contributed by atoms with Gasteiger partial charge in [-0.2, -0.15) is 0 Å². The number of aromatic nitrogens is 1. The van der Waals surface area contributed by atoms with Gasteiger partial charge in [0.1, 0.15) is 90.3 Å². The third-order valence-electron chi connectivity index (χ3n) is 22.7. The van der Waals surface area contributed by atoms with Gasteiger partial charge in [0.05, 0.1) is 36.9 Å². The molecular formula is C83H112N20O22S2. The van der Waals surface area contributed by atoms with Gasteiger partial charge in [-0.15, -0.1) is 23.1 Å². The van der Waals surface area contributed by atoms with E-state index >= 15 is 24.0 Å². The number of carboxylic acid groups (broad SMARTS) is 2. The van der Waals surface area contributed by atoms with Gasteiger partial charge < -0.3 is 121 Å². The number of hydrogen-bond donors (Lipinski definition) is 19. The van der Waals surface area contributed by atoms with Crippen LogP contribution in [0.1, 0.15) is 115 Å². The Hall–Kier alpha value is -12.4. The molecule has 44 heteroatoms. The molecule has 127 heavy (non-hydrogen) atoms. The molecule has 5 aromatic rings. The van der Waals surface area contributed by atoms with E-state index in [1.54, 1.807) is 41.9 Å². The summed E-state index contributed by atoms with van der Waals surface area (Å²) >= 11 is 2.10. The van der Waals surface area contributed by atoms with Gasteiger partial charge in [-0.3, -0.25) is 91.2 Å². The Morgan fingerprint density at radius 3 is 1.79 bits per heavy atom. The number of hydrogen-bond acceptors (Lipinski definition) is 25. The summed E-state index contributed by atoms with van der Waals surface area (Å²) in [6.07, 6.45) is -2.11. The number of primary amides is 1. The lowest BCUT2D eigenvalue weighted by Gasteiger charge is -2.38. The van der Waals surface area contributed by atoms with Crippen LogP contribution in [-0.2, 0) is 106 Å². The van der Waals surface area contributed by atoms with Gasteiger partial charge in [-0.05, 0) is 91.2 Å². The molecule has 3 saturated heterocycles. The first kappa shape index (κ1) is 98.4. The smallest absolute Gasteiger partial charge is 0.305 e. The molecule has 3 aromatic carbocycles. The number of nitrogens with one attached hydrogen (secondary N) is 11. The van der Waals surface area contributed by atoms with Crippen molar-refractivity contribution in [3.05, 3.63) is 95.0 Å². The fourth-order valence-corrected chi connectivity index (χ4v) is 17.7. The monoisotopic (exact) mass is 1800 g/mol. The van der Waals surface area contributed by atoms with Crippen molar-refractivity contribution in [2.45, 2.75) is 208 Å². The van der Waals surface area contributed by atoms with E-state index in [1.165, 1.54) is 44.5 Å². The van der Waals surface area contributed by atoms with E-state index in [0.29, 0.717) is 47.7 Å². The van der Waals surface area contributed by atoms with Crippen LogP contribution < -0.4 is 81.0 Å². The van der Waals surface area contributed by atoms with E-state index in [2.05, 4.69) is 58.2 Å². The largest absolute Gasteiger partial charge is 0.508 e. The van der Waals surface area contributed by atoms with Crippen molar-refractivity contribution in [1.82, 2.24) is 77.8 Å². The Bertz CT molecular complexity index is 4930. The van der Waals surface area contributed by atoms with Crippen molar-refractivity contribution in [3.63, 3.8) is 0 Å². The second-order valence-corrected chi connectivity index (χ2v) is 33.7. The van der Waals surface area contributed by atoms with Gasteiger partial charge in [-0.1, -0.05) is 82.0 Å². The number of para-hydroxylation sites is 1. The zero-order valence-corrected chi connectivity index (χ0v) is 72.6. The summed E-state index contributed by atoms with van der Waals surface area (Å²) in [5, 5.41) is 70.8. The normalized spacial score (nSPS) is 25.8. The Morgan fingerprint density at radius 1 is 0.575 bits per heavy atom. The van der Waals surface area contributed by atoms with Gasteiger partial charge in [0.25, 0.3) is 5.91 Å². The maximum atomic E-state index is 15.7. The van der Waals surface area contributed by atoms with Crippen LogP contribution in [0.3, 0.4) is 0 Å². The van der Waals surface area contributed by atoms with Gasteiger partial charge in [0.15, 0.2) is 0 Å². The molecule has 4 aliphatic rings. The van der Waals surface area contributed by atoms with E-state index in [1.807, 2.05) is 32.0 Å². The molecule has 2 bridgehead atoms. The average Bonchev–Trinajstić information content (AvgIpc) is 1.67. The minimum atomic E-state index is -2.07. The van der Waals surface area contributed by atoms with Crippen LogP contribution in [0.5, 0.6) is 5.75 Å². The number of rotatable bonds is 21. The standard InChI is InChI=1S/C83H112N20O22S2/c1-6-8-18-60-76(118)96-58(35-86)75(117)98-59(71(113)89-37-66(87)106)40-126-41-67(107)90-54-27-43-22-23-46(104)30-63(43)103(82(54)124)42(3)70(112)93-55(32-68(108)109)80(122)101-26-14-20-61(101)77(119)97-57(34-85)74(116)95-56(33-69(110)111)81(123)102-38-47(105)31-64(102)78(120)92-52(28-44-36-88-50-17-12-10-15-48(44)50)73(115)91-51(24-25-84)72(114)94-53(29-45-39-127-65-21-13-11-16-49(45)65)79(121)100(5)62(19-9-7-2)83(125)99(60)4/h10-13,15-17,21-23,30,36,39,42,47,51-62,64,88,104-105H,6-9,14,18-20,24-29,31-35,37-38,40-41,84-86H2,1-5H3,(H2,87,106)(H,89,113)(H,90,107)(H,91,115)(H,92,120)(H,93,112)(H,94,114)(H,95,116)(H,96,118)(H,97,119)(H,98,117)(H,108,109)(H,110,111)/t42-,47+,51-,52-,53-,54-,55-,56-,57-,58-,59-,60-,61-,62-,64-/m0/s1. The third-order valence-corrected chi connectivity index (χ3v) is 24.8. The topological polar surface area (TPSA) is 645 Å². The lowest BCUT2D eigenvalue weighted by atomic mass is 9.95. The number of carbonyl (C=O) groups excluding carboxylic acids is 16. The molecule has 6 heterocycles. The molecule has 0 spiro atoms. The fraction of sp³-hybridized carbons (Fsp3) is 0.518. The average molecular weight is 1810 g/mol. The number of aromatic amines is 1. The molecule has 4 aliphatic heterocycles. The number of thiophene rings is 1. The first-order valence-electron chi connectivity index (χ1n) is 41.9. The second kappa shape index (κ2) is 45.7. The Labute approximate surface area is 738 Å². The van der Waals surface area contributed by atoms with E-state index in [9.17, 15) is 82.8 Å². The molecule has 9 rings (SSSR count). The predicted octanol–water partition coefficient (Wildman–Crippen LogP) is -4.23. The van der Waals surface area contributed by atoms with Crippen molar-refractivity contribution in [2.24, 2.45) is 22.9 Å². The summed E-state index contributed by atoms with van der Waals surface area (Å²) in [6, 6.07) is -5.01. The highest BCUT2D eigenvalue weighted by atomic mass is 32.2. The lowest BCUT2D eigenvalue weighted by Crippen LogP contribution is -2.62. The Kier molecular flexibility index (Phi) is 35.4. The van der Waals surface area contributed by atoms with Crippen LogP contribution in [0.4, 0.5) is 5.69 Å². The van der Waals surface area contributed by atoms with Crippen molar-refractivity contribution in [1.29, 1.82) is 0 Å². The van der Waals surface area contributed by atoms with Gasteiger partial charge in [0.2, 0.25) is 88.6 Å². The summed E-state index contributed by atoms with van der Waals surface area (Å²) in [5.74, 6) is -20.8. The molecule has 688 valence electrons. The van der Waals surface area contributed by atoms with Gasteiger partial charge >= 0.3 is 11.9 Å². The molecule has 0 aliphatic carbocycles. The number of likely N-dealkylation sites (N-methyl/N-ethyl adjacent to an activating group) is 2. The van der Waals surface area contributed by atoms with Crippen LogP contribution in [0.15, 0.2) is 78.3 Å². The SMILES string of the molecule is CCCC[C@H]1C(=O)N(C)[C@@H](CCCC)C(=O)N[C@@H](CN)C(=O)N[C@H](C(=O)NCC(N)=O)CSCC(=O)N[C@H]2Cc3ccc(O)cc3N(C2=O)[C@@H](C)C(=O)N[C@@H](CC(=O)O)C(=O)N2CCC[C@H]2C(=O)N[C@@H](CN)C(=O)N[C@@H](CC(=O)O)C(=O)N2C[C@H](O)C[C@H]2C(=O)N[C@@H](Cc2c[nH]c3ccccc23)C(=O)N[C@@H](CCN)C(=O)N[C@@H](Cc2csc3ccccc23)C(=O)N1C. The molecular weight excluding hydrogens is 1690 g/mol. The number of phenols is 1. The number of nitrogens with zero attached hydrogens (tertiary/aromatic N) is 5. The number of carbonyl (C=O) groups is 18. The number of anilines is 1. The maximum Gasteiger partial charge on any atom is 0.305 e. The van der Waals surface area contributed by atoms with E-state index in [0.717, 1.165) is 52.4 Å². The second-order valence-electron chi connectivity index (χ2n) is 31.8. The Balaban J connectivity index is 1.08. The van der Waals surface area contributed by atoms with E-state index in [4.69, 9.17) is 22.9 Å². The minimum Gasteiger partial charge on any atom is -0.508 e. The summed E-state index contributed by atoms with van der Waals surface area (Å²) in [4.78, 5) is 267. The zero-order valence-electron chi connectivity index (χ0n) is 70.9. The zero-order chi connectivity index (χ0) is 92.8. The molecule has 0 saturated carbocycles. The van der Waals surface area contributed by atoms with Crippen molar-refractivity contribution in [2.75, 3.05) is 69.8 Å². The summed E-state index contributed by atoms with van der Waals surface area (Å²) < 4.78 is 0.819. The van der Waals surface area contributed by atoms with Crippen molar-refractivity contribution in [3.8, 4) is 5.75 Å². The van der Waals surface area contributed by atoms with Crippen LogP contribution >= 0.6 is 23.1 Å². The fourth-order valence-electron chi connectivity index (χ4n) is 15.9. The summed E-state index contributed by atoms with van der Waals surface area (Å²) in [5.41, 5.74) is 25.7. The number of nitrogens with two attached hydrogens (primary N) is 4. The van der Waals surface area contributed by atoms with Gasteiger partial charge in [-0.25, -0.2) is 0 Å². The Morgan fingerprint density at radius 2 is 1.13 bits per heavy atom. The number of carboxylic acids is 2. The number of H-pyrrole nitrogens is 1. The number of phenolic OH excluding ortho intramolecular Hbond substituents is 1. The minimum absolute atomic E-state index is 0.00845. The van der Waals surface area contributed by atoms with Crippen LogP contribution in [0.25, 0.3) is 21.0 Å². The van der Waals surface area contributed by atoms with Crippen molar-refractivity contribution >= 4 is 156 Å². The molecule has 3 fully saturated rings. The molecule has 42 nitrogen and oxygen atoms in total. The van der Waals surface area contributed by atoms with Gasteiger partial charge in [0, 0.05) is 99.6 Å². The summed E-state index contributed by atoms with van der Waals surface area (Å²) in [7, 11) is 2.69. The number of unbranched alkanes of at least 4 members (excludes halogenated alkanes) is 2. The molecule has 23 N–H and O–H groups in total. The quantitative estimate of drug-likeness (QED) is 0.0331. The van der Waals surface area contributed by atoms with Crippen LogP contribution in [0, 0.1) is 0 Å². The highest BCUT2D eigenvalue weighted by Gasteiger charge is 2.48. The van der Waals surface area contributed by atoms with Crippen LogP contribution in [0.2, 0.25) is 0 Å². The molecule has 16 amide bonds. The third kappa shape index (κ3) is 25.3. The summed E-state index contributed by atoms with van der Waals surface area (Å²) in [6.45, 7) is 1.67. The molecule has 2 aromatic heterocycles. The highest BCUT2D eigenvalue weighted by molar-refractivity contribution is 8.00. The molecule has 15 atom stereocenters. The number of aromatic hydroxyl groups is 1. The van der Waals surface area contributed by atoms with E-state index < -0.39 is 254 Å².